The van der Waals surface area contributed by atoms with Crippen LogP contribution in [0.1, 0.15) is 46.5 Å². The van der Waals surface area contributed by atoms with Gasteiger partial charge in [-0.15, -0.1) is 0 Å². The summed E-state index contributed by atoms with van der Waals surface area (Å²) >= 11 is 0. The molecule has 1 unspecified atom stereocenters. The highest BCUT2D eigenvalue weighted by Gasteiger charge is 2.59. The maximum atomic E-state index is 15.0. The summed E-state index contributed by atoms with van der Waals surface area (Å²) in [6.07, 6.45) is -11.7. The minimum absolute atomic E-state index is 0.0438. The number of halogens is 7. The summed E-state index contributed by atoms with van der Waals surface area (Å²) in [7, 11) is 0. The quantitative estimate of drug-likeness (QED) is 0.142. The van der Waals surface area contributed by atoms with E-state index >= 15 is 13.2 Å². The lowest BCUT2D eigenvalue weighted by molar-refractivity contribution is -0.201. The Hall–Kier alpha value is -5.14. The average Bonchev–Trinajstić information content (AvgIpc) is 3.51. The molecule has 1 aliphatic heterocycles. The van der Waals surface area contributed by atoms with Gasteiger partial charge in [0.15, 0.2) is 5.54 Å². The standard InChI is InChI=1S/C33H26F7N3O4/c1-19-6-8-20(9-7-19)25-18-31(33(38,39)40,22-10-12-24(13-11-22)46-15-3-14-32(35,36)37)42-30(45)28(25)41-29(44)27-17-26(43-47-27)21-4-2-5-23(34)16-21/h2,4-13,16-17H,3,14-15,18H2,1H3,(H,41,44)(H,42,45). The van der Waals surface area contributed by atoms with E-state index in [4.69, 9.17) is 9.26 Å². The molecule has 1 aliphatic rings. The van der Waals surface area contributed by atoms with E-state index in [0.717, 1.165) is 23.8 Å². The summed E-state index contributed by atoms with van der Waals surface area (Å²) in [6, 6.07) is 17.3. The van der Waals surface area contributed by atoms with Crippen molar-refractivity contribution in [2.45, 2.75) is 44.1 Å². The van der Waals surface area contributed by atoms with E-state index in [2.05, 4.69) is 10.5 Å². The van der Waals surface area contributed by atoms with Crippen LogP contribution in [0, 0.1) is 12.7 Å². The molecule has 2 heterocycles. The highest BCUT2D eigenvalue weighted by Crippen LogP contribution is 2.48. The van der Waals surface area contributed by atoms with Gasteiger partial charge < -0.3 is 19.9 Å². The Bertz CT molecular complexity index is 1800. The van der Waals surface area contributed by atoms with Gasteiger partial charge in [-0.05, 0) is 54.3 Å². The lowest BCUT2D eigenvalue weighted by Gasteiger charge is -2.41. The SMILES string of the molecule is Cc1ccc(C2=C(NC(=O)c3cc(-c4cccc(F)c4)no3)C(=O)NC(c3ccc(OCCCC(F)(F)F)cc3)(C(F)(F)F)C2)cc1. The van der Waals surface area contributed by atoms with Crippen LogP contribution in [0.4, 0.5) is 30.7 Å². The number of nitrogens with zero attached hydrogens (tertiary/aromatic N) is 1. The molecule has 0 saturated carbocycles. The fourth-order valence-electron chi connectivity index (χ4n) is 5.07. The van der Waals surface area contributed by atoms with Gasteiger partial charge in [-0.25, -0.2) is 4.39 Å². The van der Waals surface area contributed by atoms with E-state index in [0.29, 0.717) is 5.56 Å². The third kappa shape index (κ3) is 7.47. The lowest BCUT2D eigenvalue weighted by atomic mass is 9.77. The Morgan fingerprint density at radius 1 is 0.979 bits per heavy atom. The van der Waals surface area contributed by atoms with Gasteiger partial charge in [0.1, 0.15) is 23.0 Å². The van der Waals surface area contributed by atoms with Crippen molar-refractivity contribution in [2.75, 3.05) is 6.61 Å². The molecule has 0 spiro atoms. The van der Waals surface area contributed by atoms with Crippen LogP contribution in [0.2, 0.25) is 0 Å². The van der Waals surface area contributed by atoms with E-state index in [9.17, 15) is 27.2 Å². The Balaban J connectivity index is 1.47. The van der Waals surface area contributed by atoms with Crippen LogP contribution in [0.25, 0.3) is 16.8 Å². The number of hydrogen-bond acceptors (Lipinski definition) is 5. The second kappa shape index (κ2) is 12.9. The normalized spacial score (nSPS) is 17.0. The predicted molar refractivity (Wildman–Crippen MR) is 155 cm³/mol. The van der Waals surface area contributed by atoms with E-state index in [1.54, 1.807) is 19.1 Å². The third-order valence-corrected chi connectivity index (χ3v) is 7.49. The molecule has 1 aromatic heterocycles. The van der Waals surface area contributed by atoms with Crippen LogP contribution >= 0.6 is 0 Å². The van der Waals surface area contributed by atoms with Crippen LogP contribution in [0.3, 0.4) is 0 Å². The maximum absolute atomic E-state index is 15.0. The maximum Gasteiger partial charge on any atom is 0.416 e. The molecule has 0 bridgehead atoms. The first-order valence-electron chi connectivity index (χ1n) is 14.2. The van der Waals surface area contributed by atoms with Gasteiger partial charge in [0.2, 0.25) is 5.76 Å². The summed E-state index contributed by atoms with van der Waals surface area (Å²) < 4.78 is 106. The number of amides is 2. The summed E-state index contributed by atoms with van der Waals surface area (Å²) in [4.78, 5) is 26.7. The van der Waals surface area contributed by atoms with Gasteiger partial charge in [-0.2, -0.15) is 26.3 Å². The summed E-state index contributed by atoms with van der Waals surface area (Å²) in [5.74, 6) is -3.12. The number of aromatic nitrogens is 1. The molecule has 0 saturated heterocycles. The molecule has 47 heavy (non-hydrogen) atoms. The number of nitrogens with one attached hydrogen (secondary N) is 2. The lowest BCUT2D eigenvalue weighted by Crippen LogP contribution is -2.60. The molecule has 1 atom stereocenters. The largest absolute Gasteiger partial charge is 0.494 e. The minimum Gasteiger partial charge on any atom is -0.494 e. The van der Waals surface area contributed by atoms with Gasteiger partial charge in [-0.1, -0.05) is 59.3 Å². The Morgan fingerprint density at radius 2 is 1.68 bits per heavy atom. The fraction of sp³-hybridized carbons (Fsp3) is 0.242. The number of carbonyl (C=O) groups is 2. The number of carbonyl (C=O) groups excluding carboxylic acids is 2. The minimum atomic E-state index is -5.05. The molecular formula is C33H26F7N3O4. The molecule has 2 amide bonds. The topological polar surface area (TPSA) is 93.5 Å². The number of ether oxygens (including phenoxy) is 1. The van der Waals surface area contributed by atoms with Crippen LogP contribution in [0.15, 0.2) is 89.1 Å². The zero-order chi connectivity index (χ0) is 34.0. The molecule has 2 N–H and O–H groups in total. The van der Waals surface area contributed by atoms with Gasteiger partial charge >= 0.3 is 12.4 Å². The average molecular weight is 662 g/mol. The summed E-state index contributed by atoms with van der Waals surface area (Å²) in [5, 5.41) is 8.16. The van der Waals surface area contributed by atoms with Crippen molar-refractivity contribution in [2.24, 2.45) is 0 Å². The first-order valence-corrected chi connectivity index (χ1v) is 14.2. The number of benzene rings is 3. The van der Waals surface area contributed by atoms with E-state index in [-0.39, 0.29) is 46.9 Å². The van der Waals surface area contributed by atoms with E-state index in [1.165, 1.54) is 48.5 Å². The second-order valence-electron chi connectivity index (χ2n) is 10.9. The van der Waals surface area contributed by atoms with Gasteiger partial charge in [-0.3, -0.25) is 9.59 Å². The molecule has 3 aromatic carbocycles. The molecule has 0 fully saturated rings. The molecule has 246 valence electrons. The third-order valence-electron chi connectivity index (χ3n) is 7.49. The predicted octanol–water partition coefficient (Wildman–Crippen LogP) is 7.63. The van der Waals surface area contributed by atoms with E-state index < -0.39 is 54.1 Å². The van der Waals surface area contributed by atoms with Gasteiger partial charge in [0, 0.05) is 24.5 Å². The van der Waals surface area contributed by atoms with Gasteiger partial charge in [0.05, 0.1) is 6.61 Å². The van der Waals surface area contributed by atoms with Gasteiger partial charge in [0.25, 0.3) is 11.8 Å². The fourth-order valence-corrected chi connectivity index (χ4v) is 5.07. The first kappa shape index (κ1) is 33.2. The molecule has 5 rings (SSSR count). The smallest absolute Gasteiger partial charge is 0.416 e. The van der Waals surface area contributed by atoms with Crippen molar-refractivity contribution in [1.29, 1.82) is 0 Å². The van der Waals surface area contributed by atoms with Crippen LogP contribution in [-0.4, -0.2) is 35.9 Å². The Labute approximate surface area is 263 Å². The zero-order valence-corrected chi connectivity index (χ0v) is 24.6. The van der Waals surface area contributed by atoms with E-state index in [1.807, 2.05) is 5.32 Å². The summed E-state index contributed by atoms with van der Waals surface area (Å²) in [6.45, 7) is 1.46. The van der Waals surface area contributed by atoms with Crippen LogP contribution < -0.4 is 15.4 Å². The van der Waals surface area contributed by atoms with Crippen molar-refractivity contribution >= 4 is 17.4 Å². The highest BCUT2D eigenvalue weighted by atomic mass is 19.4. The first-order chi connectivity index (χ1) is 22.1. The highest BCUT2D eigenvalue weighted by molar-refractivity contribution is 6.08. The van der Waals surface area contributed by atoms with Crippen LogP contribution in [-0.2, 0) is 10.3 Å². The van der Waals surface area contributed by atoms with Crippen molar-refractivity contribution in [3.05, 3.63) is 113 Å². The molecule has 14 heteroatoms. The van der Waals surface area contributed by atoms with Crippen molar-refractivity contribution in [3.63, 3.8) is 0 Å². The molecule has 0 aliphatic carbocycles. The molecule has 4 aromatic rings. The van der Waals surface area contributed by atoms with Crippen LogP contribution in [0.5, 0.6) is 5.75 Å². The second-order valence-corrected chi connectivity index (χ2v) is 10.9. The summed E-state index contributed by atoms with van der Waals surface area (Å²) in [5.41, 5.74) is -2.47. The Kier molecular flexibility index (Phi) is 9.14. The number of alkyl halides is 6. The molecule has 7 nitrogen and oxygen atoms in total. The molecular weight excluding hydrogens is 635 g/mol. The number of aryl methyl sites for hydroxylation is 1. The zero-order valence-electron chi connectivity index (χ0n) is 24.6. The van der Waals surface area contributed by atoms with Crippen molar-refractivity contribution in [3.8, 4) is 17.0 Å². The Morgan fingerprint density at radius 3 is 2.32 bits per heavy atom. The van der Waals surface area contributed by atoms with Crippen molar-refractivity contribution < 1.29 is 49.6 Å². The number of hydrogen-bond donors (Lipinski definition) is 2. The molecule has 0 radical (unpaired) electrons. The monoisotopic (exact) mass is 661 g/mol. The number of rotatable bonds is 9. The van der Waals surface area contributed by atoms with Crippen molar-refractivity contribution in [1.82, 2.24) is 15.8 Å².